The lowest BCUT2D eigenvalue weighted by Gasteiger charge is -2.37. The first kappa shape index (κ1) is 36.3. The summed E-state index contributed by atoms with van der Waals surface area (Å²) in [6.45, 7) is 4.50. The lowest BCUT2D eigenvalue weighted by molar-refractivity contribution is 0.0509. The Kier molecular flexibility index (Phi) is 12.2. The number of halogens is 1. The summed E-state index contributed by atoms with van der Waals surface area (Å²) in [4.78, 5) is 21.6. The molecule has 1 fully saturated rings. The van der Waals surface area contributed by atoms with Crippen molar-refractivity contribution in [3.05, 3.63) is 124 Å². The van der Waals surface area contributed by atoms with Crippen LogP contribution in [-0.4, -0.2) is 94.9 Å². The van der Waals surface area contributed by atoms with Crippen LogP contribution in [0, 0.1) is 0 Å². The average Bonchev–Trinajstić information content (AvgIpc) is 3.47. The molecule has 0 bridgehead atoms. The number of rotatable bonds is 15. The van der Waals surface area contributed by atoms with E-state index in [0.29, 0.717) is 44.2 Å². The second kappa shape index (κ2) is 17.1. The topological polar surface area (TPSA) is 68.6 Å². The number of amides is 1. The highest BCUT2D eigenvalue weighted by molar-refractivity contribution is 6.33. The van der Waals surface area contributed by atoms with Crippen molar-refractivity contribution in [3.8, 4) is 11.5 Å². The normalized spacial score (nSPS) is 13.4. The van der Waals surface area contributed by atoms with Gasteiger partial charge in [0.15, 0.2) is 13.6 Å². The van der Waals surface area contributed by atoms with E-state index in [0.717, 1.165) is 57.0 Å². The molecule has 0 unspecified atom stereocenters. The number of aryl methyl sites for hydroxylation is 1. The summed E-state index contributed by atoms with van der Waals surface area (Å²) in [5.41, 5.74) is 5.85. The van der Waals surface area contributed by atoms with E-state index in [-0.39, 0.29) is 25.4 Å². The van der Waals surface area contributed by atoms with E-state index in [1.807, 2.05) is 53.4 Å². The minimum atomic E-state index is -0.263. The monoisotopic (exact) mass is 710 g/mol. The number of hydrogen-bond acceptors (Lipinski definition) is 7. The molecule has 0 N–H and O–H groups in total. The molecule has 1 saturated heterocycles. The molecule has 5 aromatic rings. The highest BCUT2D eigenvalue weighted by Gasteiger charge is 2.33. The van der Waals surface area contributed by atoms with Gasteiger partial charge in [-0.05, 0) is 80.7 Å². The molecule has 0 radical (unpaired) electrons. The van der Waals surface area contributed by atoms with Crippen LogP contribution in [0.1, 0.15) is 39.5 Å². The number of carbonyl (C=O) groups is 1. The van der Waals surface area contributed by atoms with E-state index in [4.69, 9.17) is 30.5 Å². The summed E-state index contributed by atoms with van der Waals surface area (Å²) < 4.78 is 24.0. The molecule has 10 heteroatoms. The quantitative estimate of drug-likeness (QED) is 0.105. The van der Waals surface area contributed by atoms with Crippen LogP contribution in [0.2, 0.25) is 5.02 Å². The zero-order valence-corrected chi connectivity index (χ0v) is 30.6. The zero-order chi connectivity index (χ0) is 35.7. The zero-order valence-electron chi connectivity index (χ0n) is 29.9. The Morgan fingerprint density at radius 2 is 1.33 bits per heavy atom. The molecule has 268 valence electrons. The SMILES string of the molecule is COCOc1ccc(C(c2ccc(OCOC)cc2)c2c(C(=O)N3CCN(c4ccccc4Cl)CC3)n(CCCN(C)C)c3ccccc23)cc1. The Bertz CT molecular complexity index is 1830. The van der Waals surface area contributed by atoms with Crippen molar-refractivity contribution in [2.24, 2.45) is 0 Å². The number of para-hydroxylation sites is 2. The molecule has 9 nitrogen and oxygen atoms in total. The third-order valence-electron chi connectivity index (χ3n) is 9.36. The molecule has 0 aliphatic carbocycles. The fourth-order valence-corrected chi connectivity index (χ4v) is 7.19. The molecule has 1 aromatic heterocycles. The standard InChI is InChI=1S/C41H47ClN4O5/c1-43(2)22-9-23-46-36-12-7-5-10-34(36)39(40(46)41(47)45-26-24-44(25-27-45)37-13-8-6-11-35(37)42)38(30-14-18-32(19-15-30)50-28-48-3)31-16-20-33(21-17-31)51-29-49-4/h5-8,10-21,38H,9,22-29H2,1-4H3. The van der Waals surface area contributed by atoms with E-state index in [2.05, 4.69) is 77.0 Å². The van der Waals surface area contributed by atoms with Crippen LogP contribution in [0.4, 0.5) is 5.69 Å². The first-order valence-electron chi connectivity index (χ1n) is 17.4. The Morgan fingerprint density at radius 1 is 0.765 bits per heavy atom. The van der Waals surface area contributed by atoms with Crippen molar-refractivity contribution in [1.29, 1.82) is 0 Å². The minimum Gasteiger partial charge on any atom is -0.468 e. The fraction of sp³-hybridized carbons (Fsp3) is 0.341. The Labute approximate surface area is 305 Å². The van der Waals surface area contributed by atoms with E-state index < -0.39 is 0 Å². The van der Waals surface area contributed by atoms with Crippen molar-refractivity contribution < 1.29 is 23.7 Å². The minimum absolute atomic E-state index is 0.0370. The van der Waals surface area contributed by atoms with Gasteiger partial charge in [0.25, 0.3) is 5.91 Å². The number of anilines is 1. The highest BCUT2D eigenvalue weighted by Crippen LogP contribution is 2.42. The average molecular weight is 711 g/mol. The van der Waals surface area contributed by atoms with E-state index >= 15 is 4.79 Å². The van der Waals surface area contributed by atoms with Gasteiger partial charge in [-0.2, -0.15) is 0 Å². The van der Waals surface area contributed by atoms with Gasteiger partial charge in [0, 0.05) is 69.3 Å². The summed E-state index contributed by atoms with van der Waals surface area (Å²) in [6.07, 6.45) is 0.896. The molecular formula is C41H47ClN4O5. The first-order chi connectivity index (χ1) is 24.9. The molecular weight excluding hydrogens is 664 g/mol. The molecule has 6 rings (SSSR count). The highest BCUT2D eigenvalue weighted by atomic mass is 35.5. The second-order valence-electron chi connectivity index (χ2n) is 13.0. The van der Waals surface area contributed by atoms with Gasteiger partial charge in [-0.1, -0.05) is 66.2 Å². The number of aromatic nitrogens is 1. The molecule has 0 saturated carbocycles. The lowest BCUT2D eigenvalue weighted by Crippen LogP contribution is -2.49. The number of piperazine rings is 1. The van der Waals surface area contributed by atoms with Crippen LogP contribution in [0.3, 0.4) is 0 Å². The van der Waals surface area contributed by atoms with Gasteiger partial charge in [-0.25, -0.2) is 0 Å². The van der Waals surface area contributed by atoms with Crippen LogP contribution < -0.4 is 14.4 Å². The Balaban J connectivity index is 1.47. The second-order valence-corrected chi connectivity index (χ2v) is 13.4. The van der Waals surface area contributed by atoms with Crippen molar-refractivity contribution in [3.63, 3.8) is 0 Å². The lowest BCUT2D eigenvalue weighted by atomic mass is 9.83. The van der Waals surface area contributed by atoms with Gasteiger partial charge < -0.3 is 38.2 Å². The number of methoxy groups -OCH3 is 2. The van der Waals surface area contributed by atoms with Crippen molar-refractivity contribution in [2.45, 2.75) is 18.9 Å². The predicted molar refractivity (Wildman–Crippen MR) is 204 cm³/mol. The number of nitrogens with zero attached hydrogens (tertiary/aromatic N) is 4. The van der Waals surface area contributed by atoms with Crippen LogP contribution in [0.15, 0.2) is 97.1 Å². The van der Waals surface area contributed by atoms with Crippen LogP contribution >= 0.6 is 11.6 Å². The number of hydrogen-bond donors (Lipinski definition) is 0. The molecule has 1 aliphatic rings. The van der Waals surface area contributed by atoms with Crippen molar-refractivity contribution >= 4 is 34.1 Å². The van der Waals surface area contributed by atoms with E-state index in [1.54, 1.807) is 14.2 Å². The van der Waals surface area contributed by atoms with Crippen LogP contribution in [-0.2, 0) is 16.0 Å². The van der Waals surface area contributed by atoms with Gasteiger partial charge >= 0.3 is 0 Å². The number of carbonyl (C=O) groups excluding carboxylic acids is 1. The Hall–Kier alpha value is -4.54. The van der Waals surface area contributed by atoms with Gasteiger partial charge in [0.1, 0.15) is 17.2 Å². The van der Waals surface area contributed by atoms with Gasteiger partial charge in [0.05, 0.1) is 10.7 Å². The Morgan fingerprint density at radius 3 is 1.90 bits per heavy atom. The van der Waals surface area contributed by atoms with Gasteiger partial charge in [-0.3, -0.25) is 4.79 Å². The third kappa shape index (κ3) is 8.34. The van der Waals surface area contributed by atoms with Crippen molar-refractivity contribution in [1.82, 2.24) is 14.4 Å². The summed E-state index contributed by atoms with van der Waals surface area (Å²) >= 11 is 6.57. The number of ether oxygens (including phenoxy) is 4. The summed E-state index contributed by atoms with van der Waals surface area (Å²) in [5, 5.41) is 1.78. The molecule has 51 heavy (non-hydrogen) atoms. The first-order valence-corrected chi connectivity index (χ1v) is 17.8. The fourth-order valence-electron chi connectivity index (χ4n) is 6.93. The largest absolute Gasteiger partial charge is 0.468 e. The van der Waals surface area contributed by atoms with E-state index in [1.165, 1.54) is 0 Å². The summed E-state index contributed by atoms with van der Waals surface area (Å²) in [7, 11) is 7.38. The smallest absolute Gasteiger partial charge is 0.270 e. The molecule has 0 spiro atoms. The summed E-state index contributed by atoms with van der Waals surface area (Å²) in [5.74, 6) is 1.19. The maximum atomic E-state index is 15.1. The van der Waals surface area contributed by atoms with Crippen LogP contribution in [0.25, 0.3) is 10.9 Å². The molecule has 1 amide bonds. The van der Waals surface area contributed by atoms with Crippen LogP contribution in [0.5, 0.6) is 11.5 Å². The van der Waals surface area contributed by atoms with Crippen molar-refractivity contribution in [2.75, 3.05) is 79.5 Å². The maximum Gasteiger partial charge on any atom is 0.270 e. The van der Waals surface area contributed by atoms with Gasteiger partial charge in [-0.15, -0.1) is 0 Å². The third-order valence-corrected chi connectivity index (χ3v) is 9.68. The number of benzene rings is 4. The summed E-state index contributed by atoms with van der Waals surface area (Å²) in [6, 6.07) is 32.5. The van der Waals surface area contributed by atoms with E-state index in [9.17, 15) is 0 Å². The molecule has 1 aliphatic heterocycles. The van der Waals surface area contributed by atoms with Gasteiger partial charge in [0.2, 0.25) is 0 Å². The maximum absolute atomic E-state index is 15.1. The predicted octanol–water partition coefficient (Wildman–Crippen LogP) is 7.35. The number of fused-ring (bicyclic) bond motifs is 1. The molecule has 2 heterocycles. The molecule has 0 atom stereocenters. The molecule has 4 aromatic carbocycles.